The number of primary amides is 1. The molecule has 0 spiro atoms. The Kier molecular flexibility index (Phi) is 5.20. The Bertz CT molecular complexity index is 849. The zero-order chi connectivity index (χ0) is 19.8. The minimum absolute atomic E-state index is 0.0841. The van der Waals surface area contributed by atoms with Crippen molar-refractivity contribution in [1.29, 1.82) is 0 Å². The molecule has 144 valence electrons. The largest absolute Gasteiger partial charge is 0.369 e. The molecule has 0 radical (unpaired) electrons. The molecule has 1 aromatic carbocycles. The van der Waals surface area contributed by atoms with E-state index in [-0.39, 0.29) is 17.6 Å². The second-order valence-electron chi connectivity index (χ2n) is 8.43. The average Bonchev–Trinajstić information content (AvgIpc) is 2.97. The van der Waals surface area contributed by atoms with E-state index in [4.69, 9.17) is 10.7 Å². The predicted octanol–water partition coefficient (Wildman–Crippen LogP) is 2.72. The van der Waals surface area contributed by atoms with E-state index in [1.54, 1.807) is 0 Å². The minimum atomic E-state index is -0.524. The first kappa shape index (κ1) is 19.3. The highest BCUT2D eigenvalue weighted by atomic mass is 16.1. The van der Waals surface area contributed by atoms with E-state index in [1.807, 2.05) is 58.2 Å². The second kappa shape index (κ2) is 7.27. The van der Waals surface area contributed by atoms with Crippen molar-refractivity contribution < 1.29 is 9.59 Å². The Morgan fingerprint density at radius 2 is 1.85 bits per heavy atom. The molecule has 0 saturated heterocycles. The van der Waals surface area contributed by atoms with Gasteiger partial charge >= 0.3 is 0 Å². The Hall–Kier alpha value is -2.47. The van der Waals surface area contributed by atoms with Crippen molar-refractivity contribution >= 4 is 11.7 Å². The molecule has 1 aliphatic heterocycles. The first-order chi connectivity index (χ1) is 12.7. The van der Waals surface area contributed by atoms with E-state index in [0.717, 1.165) is 30.2 Å². The number of nitrogens with zero attached hydrogens (tertiary/aromatic N) is 3. The molecule has 1 amide bonds. The zero-order valence-corrected chi connectivity index (χ0v) is 16.5. The fraction of sp³-hybridized carbons (Fsp3) is 0.476. The molecule has 2 N–H and O–H groups in total. The molecule has 0 fully saturated rings. The van der Waals surface area contributed by atoms with Crippen molar-refractivity contribution in [1.82, 2.24) is 14.5 Å². The van der Waals surface area contributed by atoms with Crippen LogP contribution in [0.15, 0.2) is 30.3 Å². The van der Waals surface area contributed by atoms with E-state index in [0.29, 0.717) is 12.2 Å². The summed E-state index contributed by atoms with van der Waals surface area (Å²) in [6.45, 7) is 8.15. The van der Waals surface area contributed by atoms with Gasteiger partial charge in [0.2, 0.25) is 5.91 Å². The van der Waals surface area contributed by atoms with Crippen LogP contribution in [0.25, 0.3) is 11.4 Å². The lowest BCUT2D eigenvalue weighted by atomic mass is 9.77. The SMILES string of the molecule is CN1CCn2c(-c3ccccc3)nc(C(=O)C[C@H](C(N)=O)C(C)(C)C)c2C1. The summed E-state index contributed by atoms with van der Waals surface area (Å²) in [5.41, 5.74) is 7.59. The number of hydrogen-bond acceptors (Lipinski definition) is 4. The summed E-state index contributed by atoms with van der Waals surface area (Å²) in [5, 5.41) is 0. The third-order valence-electron chi connectivity index (χ3n) is 5.27. The number of aromatic nitrogens is 2. The minimum Gasteiger partial charge on any atom is -0.369 e. The second-order valence-corrected chi connectivity index (χ2v) is 8.43. The molecule has 2 aromatic rings. The molecular weight excluding hydrogens is 340 g/mol. The lowest BCUT2D eigenvalue weighted by Gasteiger charge is -2.28. The van der Waals surface area contributed by atoms with Gasteiger partial charge in [-0.25, -0.2) is 4.98 Å². The number of hydrogen-bond donors (Lipinski definition) is 1. The van der Waals surface area contributed by atoms with Crippen LogP contribution in [0.2, 0.25) is 0 Å². The molecule has 3 rings (SSSR count). The fourth-order valence-electron chi connectivity index (χ4n) is 3.64. The quantitative estimate of drug-likeness (QED) is 0.823. The van der Waals surface area contributed by atoms with Crippen LogP contribution in [0.1, 0.15) is 43.4 Å². The Morgan fingerprint density at radius 3 is 2.44 bits per heavy atom. The van der Waals surface area contributed by atoms with Gasteiger partial charge < -0.3 is 10.3 Å². The molecule has 6 nitrogen and oxygen atoms in total. The Morgan fingerprint density at radius 1 is 1.19 bits per heavy atom. The van der Waals surface area contributed by atoms with Crippen LogP contribution in [0.3, 0.4) is 0 Å². The van der Waals surface area contributed by atoms with Crippen LogP contribution < -0.4 is 5.73 Å². The van der Waals surface area contributed by atoms with Crippen LogP contribution in [-0.4, -0.2) is 39.7 Å². The molecule has 6 heteroatoms. The van der Waals surface area contributed by atoms with Gasteiger partial charge in [0, 0.05) is 37.5 Å². The number of nitrogens with two attached hydrogens (primary N) is 1. The van der Waals surface area contributed by atoms with Crippen LogP contribution in [0.5, 0.6) is 0 Å². The first-order valence-corrected chi connectivity index (χ1v) is 9.34. The van der Waals surface area contributed by atoms with Crippen molar-refractivity contribution in [2.75, 3.05) is 13.6 Å². The summed E-state index contributed by atoms with van der Waals surface area (Å²) in [6, 6.07) is 9.91. The van der Waals surface area contributed by atoms with Crippen LogP contribution >= 0.6 is 0 Å². The van der Waals surface area contributed by atoms with Gasteiger partial charge in [-0.1, -0.05) is 51.1 Å². The van der Waals surface area contributed by atoms with Crippen molar-refractivity contribution in [3.05, 3.63) is 41.7 Å². The third kappa shape index (κ3) is 3.95. The van der Waals surface area contributed by atoms with Gasteiger partial charge in [-0.2, -0.15) is 0 Å². The first-order valence-electron chi connectivity index (χ1n) is 9.34. The van der Waals surface area contributed by atoms with Crippen molar-refractivity contribution in [3.63, 3.8) is 0 Å². The Balaban J connectivity index is 2.01. The van der Waals surface area contributed by atoms with Gasteiger partial charge in [-0.3, -0.25) is 14.5 Å². The van der Waals surface area contributed by atoms with Gasteiger partial charge in [0.25, 0.3) is 0 Å². The molecule has 0 aliphatic carbocycles. The number of carbonyl (C=O) groups is 2. The van der Waals surface area contributed by atoms with Crippen LogP contribution in [0.4, 0.5) is 0 Å². The molecule has 1 atom stereocenters. The summed E-state index contributed by atoms with van der Waals surface area (Å²) < 4.78 is 2.14. The number of ketones is 1. The number of carbonyl (C=O) groups excluding carboxylic acids is 2. The maximum absolute atomic E-state index is 13.1. The predicted molar refractivity (Wildman–Crippen MR) is 105 cm³/mol. The monoisotopic (exact) mass is 368 g/mol. The molecule has 2 heterocycles. The number of amides is 1. The van der Waals surface area contributed by atoms with E-state index in [1.165, 1.54) is 0 Å². The van der Waals surface area contributed by atoms with Gasteiger partial charge in [0.15, 0.2) is 5.78 Å². The molecule has 1 aliphatic rings. The number of fused-ring (bicyclic) bond motifs is 1. The van der Waals surface area contributed by atoms with Crippen LogP contribution in [-0.2, 0) is 17.9 Å². The number of imidazole rings is 1. The van der Waals surface area contributed by atoms with Crippen molar-refractivity contribution in [2.24, 2.45) is 17.1 Å². The molecular formula is C21H28N4O2. The standard InChI is InChI=1S/C21H28N4O2/c1-21(2,3)15(19(22)27)12-17(26)18-16-13-24(4)10-11-25(16)20(23-18)14-8-6-5-7-9-14/h5-9,15H,10-13H2,1-4H3,(H2,22,27)/t15-/m1/s1. The average molecular weight is 368 g/mol. The van der Waals surface area contributed by atoms with Gasteiger partial charge in [0.1, 0.15) is 11.5 Å². The summed E-state index contributed by atoms with van der Waals surface area (Å²) >= 11 is 0. The highest BCUT2D eigenvalue weighted by Crippen LogP contribution is 2.32. The fourth-order valence-corrected chi connectivity index (χ4v) is 3.64. The van der Waals surface area contributed by atoms with E-state index in [2.05, 4.69) is 9.47 Å². The summed E-state index contributed by atoms with van der Waals surface area (Å²) in [4.78, 5) is 31.9. The van der Waals surface area contributed by atoms with Gasteiger partial charge in [-0.15, -0.1) is 0 Å². The number of likely N-dealkylation sites (N-methyl/N-ethyl adjacent to an activating group) is 1. The molecule has 0 saturated carbocycles. The van der Waals surface area contributed by atoms with Crippen molar-refractivity contribution in [3.8, 4) is 11.4 Å². The smallest absolute Gasteiger partial charge is 0.221 e. The van der Waals surface area contributed by atoms with Gasteiger partial charge in [-0.05, 0) is 12.5 Å². The third-order valence-corrected chi connectivity index (χ3v) is 5.27. The number of Topliss-reactive ketones (excluding diaryl/α,β-unsaturated/α-hetero) is 1. The highest BCUT2D eigenvalue weighted by molar-refractivity contribution is 5.98. The lowest BCUT2D eigenvalue weighted by molar-refractivity contribution is -0.124. The van der Waals surface area contributed by atoms with Crippen molar-refractivity contribution in [2.45, 2.75) is 40.3 Å². The molecule has 1 aromatic heterocycles. The molecule has 0 unspecified atom stereocenters. The number of benzene rings is 1. The maximum Gasteiger partial charge on any atom is 0.221 e. The zero-order valence-electron chi connectivity index (χ0n) is 16.5. The summed E-state index contributed by atoms with van der Waals surface area (Å²) in [5.74, 6) is -0.267. The maximum atomic E-state index is 13.1. The van der Waals surface area contributed by atoms with E-state index >= 15 is 0 Å². The highest BCUT2D eigenvalue weighted by Gasteiger charge is 2.34. The van der Waals surface area contributed by atoms with E-state index < -0.39 is 11.8 Å². The van der Waals surface area contributed by atoms with Crippen LogP contribution in [0, 0.1) is 11.3 Å². The lowest BCUT2D eigenvalue weighted by Crippen LogP contribution is -2.36. The summed E-state index contributed by atoms with van der Waals surface area (Å²) in [7, 11) is 2.04. The molecule has 0 bridgehead atoms. The Labute approximate surface area is 160 Å². The van der Waals surface area contributed by atoms with Gasteiger partial charge in [0.05, 0.1) is 5.69 Å². The van der Waals surface area contributed by atoms with E-state index in [9.17, 15) is 9.59 Å². The number of rotatable bonds is 5. The molecule has 27 heavy (non-hydrogen) atoms. The normalized spacial score (nSPS) is 16.0. The summed E-state index contributed by atoms with van der Waals surface area (Å²) in [6.07, 6.45) is 0.0841. The topological polar surface area (TPSA) is 81.2 Å².